The Labute approximate surface area is 145 Å². The molecule has 3 N–H and O–H groups in total. The predicted molar refractivity (Wildman–Crippen MR) is 91.8 cm³/mol. The standard InChI is InChI=1S/C19H20O6/c1-3-6-24-19-15(21)7-11(8-16(19)22)17-5-4-13-14(20)9-12(23-2)10-18(13)25-17/h3,7-10,17,20-22H,1,4-6H2,2H3/t17-/m0/s1. The SMILES string of the molecule is C=CCOc1c(O)cc([C@@H]2CCc3c(O)cc(OC)cc3O2)cc1O. The van der Waals surface area contributed by atoms with Crippen LogP contribution in [0.25, 0.3) is 0 Å². The number of phenolic OH excluding ortho intramolecular Hbond substituents is 3. The molecule has 6 heteroatoms. The molecule has 1 aliphatic heterocycles. The van der Waals surface area contributed by atoms with E-state index in [9.17, 15) is 15.3 Å². The van der Waals surface area contributed by atoms with Crippen molar-refractivity contribution in [3.05, 3.63) is 48.0 Å². The van der Waals surface area contributed by atoms with Gasteiger partial charge in [-0.3, -0.25) is 0 Å². The molecule has 0 bridgehead atoms. The lowest BCUT2D eigenvalue weighted by Crippen LogP contribution is -2.15. The van der Waals surface area contributed by atoms with Gasteiger partial charge < -0.3 is 29.5 Å². The summed E-state index contributed by atoms with van der Waals surface area (Å²) >= 11 is 0. The van der Waals surface area contributed by atoms with Crippen molar-refractivity contribution in [2.75, 3.05) is 13.7 Å². The second-order valence-electron chi connectivity index (χ2n) is 5.76. The molecule has 0 saturated heterocycles. The molecule has 0 unspecified atom stereocenters. The van der Waals surface area contributed by atoms with Crippen molar-refractivity contribution < 1.29 is 29.5 Å². The number of rotatable bonds is 5. The van der Waals surface area contributed by atoms with Gasteiger partial charge in [0, 0.05) is 17.7 Å². The van der Waals surface area contributed by atoms with E-state index in [1.165, 1.54) is 25.3 Å². The Balaban J connectivity index is 1.89. The second-order valence-corrected chi connectivity index (χ2v) is 5.76. The number of hydrogen-bond donors (Lipinski definition) is 3. The van der Waals surface area contributed by atoms with E-state index in [2.05, 4.69) is 6.58 Å². The number of phenols is 3. The van der Waals surface area contributed by atoms with Crippen molar-refractivity contribution in [1.29, 1.82) is 0 Å². The fourth-order valence-electron chi connectivity index (χ4n) is 2.90. The van der Waals surface area contributed by atoms with Crippen molar-refractivity contribution >= 4 is 0 Å². The molecular weight excluding hydrogens is 324 g/mol. The molecule has 2 aromatic rings. The number of methoxy groups -OCH3 is 1. The van der Waals surface area contributed by atoms with Gasteiger partial charge in [-0.1, -0.05) is 12.7 Å². The smallest absolute Gasteiger partial charge is 0.203 e. The lowest BCUT2D eigenvalue weighted by atomic mass is 9.96. The van der Waals surface area contributed by atoms with Crippen molar-refractivity contribution in [2.45, 2.75) is 18.9 Å². The van der Waals surface area contributed by atoms with Crippen LogP contribution in [-0.4, -0.2) is 29.0 Å². The highest BCUT2D eigenvalue weighted by Crippen LogP contribution is 2.45. The van der Waals surface area contributed by atoms with Crippen molar-refractivity contribution in [3.8, 4) is 34.5 Å². The van der Waals surface area contributed by atoms with Crippen molar-refractivity contribution in [2.24, 2.45) is 0 Å². The molecule has 3 rings (SSSR count). The van der Waals surface area contributed by atoms with Crippen LogP contribution in [0.15, 0.2) is 36.9 Å². The first-order valence-electron chi connectivity index (χ1n) is 7.89. The quantitative estimate of drug-likeness (QED) is 0.720. The van der Waals surface area contributed by atoms with E-state index >= 15 is 0 Å². The van der Waals surface area contributed by atoms with Crippen LogP contribution in [0.3, 0.4) is 0 Å². The summed E-state index contributed by atoms with van der Waals surface area (Å²) in [6.07, 6.45) is 2.35. The van der Waals surface area contributed by atoms with Gasteiger partial charge >= 0.3 is 0 Å². The molecule has 0 amide bonds. The van der Waals surface area contributed by atoms with Gasteiger partial charge in [-0.2, -0.15) is 0 Å². The van der Waals surface area contributed by atoms with Gasteiger partial charge in [-0.15, -0.1) is 0 Å². The fraction of sp³-hybridized carbons (Fsp3) is 0.263. The minimum Gasteiger partial charge on any atom is -0.507 e. The summed E-state index contributed by atoms with van der Waals surface area (Å²) in [7, 11) is 1.51. The maximum absolute atomic E-state index is 10.1. The number of aromatic hydroxyl groups is 3. The van der Waals surface area contributed by atoms with Gasteiger partial charge in [0.05, 0.1) is 7.11 Å². The van der Waals surface area contributed by atoms with E-state index in [1.54, 1.807) is 12.1 Å². The highest BCUT2D eigenvalue weighted by atomic mass is 16.5. The first-order chi connectivity index (χ1) is 12.0. The number of benzene rings is 2. The summed E-state index contributed by atoms with van der Waals surface area (Å²) in [4.78, 5) is 0. The number of ether oxygens (including phenoxy) is 3. The van der Waals surface area contributed by atoms with Crippen LogP contribution in [-0.2, 0) is 6.42 Å². The lowest BCUT2D eigenvalue weighted by molar-refractivity contribution is 0.172. The second kappa shape index (κ2) is 6.84. The summed E-state index contributed by atoms with van der Waals surface area (Å²) in [5, 5.41) is 30.3. The molecule has 0 saturated carbocycles. The van der Waals surface area contributed by atoms with Crippen molar-refractivity contribution in [3.63, 3.8) is 0 Å². The number of fused-ring (bicyclic) bond motifs is 1. The topological polar surface area (TPSA) is 88.4 Å². The van der Waals surface area contributed by atoms with E-state index in [0.717, 1.165) is 5.56 Å². The van der Waals surface area contributed by atoms with E-state index in [4.69, 9.17) is 14.2 Å². The Hall–Kier alpha value is -3.02. The Morgan fingerprint density at radius 2 is 1.88 bits per heavy atom. The molecule has 25 heavy (non-hydrogen) atoms. The minimum atomic E-state index is -0.371. The summed E-state index contributed by atoms with van der Waals surface area (Å²) in [6, 6.07) is 6.27. The maximum atomic E-state index is 10.1. The Kier molecular flexibility index (Phi) is 4.61. The molecule has 2 aromatic carbocycles. The molecule has 132 valence electrons. The van der Waals surface area contributed by atoms with Crippen LogP contribution in [0.5, 0.6) is 34.5 Å². The van der Waals surface area contributed by atoms with E-state index in [1.807, 2.05) is 0 Å². The average molecular weight is 344 g/mol. The summed E-state index contributed by atoms with van der Waals surface area (Å²) in [5.41, 5.74) is 1.34. The summed E-state index contributed by atoms with van der Waals surface area (Å²) in [6.45, 7) is 3.70. The highest BCUT2D eigenvalue weighted by Gasteiger charge is 2.26. The first-order valence-corrected chi connectivity index (χ1v) is 7.89. The highest BCUT2D eigenvalue weighted by molar-refractivity contribution is 5.54. The van der Waals surface area contributed by atoms with Crippen LogP contribution in [0.1, 0.15) is 23.7 Å². The Bertz CT molecular complexity index is 776. The predicted octanol–water partition coefficient (Wildman–Crippen LogP) is 3.44. The first kappa shape index (κ1) is 16.8. The van der Waals surface area contributed by atoms with Crippen molar-refractivity contribution in [1.82, 2.24) is 0 Å². The third kappa shape index (κ3) is 3.28. The lowest BCUT2D eigenvalue weighted by Gasteiger charge is -2.27. The van der Waals surface area contributed by atoms with E-state index in [-0.39, 0.29) is 35.7 Å². The molecule has 6 nitrogen and oxygen atoms in total. The maximum Gasteiger partial charge on any atom is 0.203 e. The van der Waals surface area contributed by atoms with Crippen LogP contribution < -0.4 is 14.2 Å². The van der Waals surface area contributed by atoms with Crippen LogP contribution >= 0.6 is 0 Å². The molecule has 0 spiro atoms. The largest absolute Gasteiger partial charge is 0.507 e. The molecule has 0 fully saturated rings. The van der Waals surface area contributed by atoms with Crippen LogP contribution in [0, 0.1) is 0 Å². The zero-order valence-corrected chi connectivity index (χ0v) is 13.9. The van der Waals surface area contributed by atoms with Crippen LogP contribution in [0.4, 0.5) is 0 Å². The summed E-state index contributed by atoms with van der Waals surface area (Å²) in [5.74, 6) is 0.833. The molecule has 1 heterocycles. The zero-order chi connectivity index (χ0) is 18.0. The monoisotopic (exact) mass is 344 g/mol. The van der Waals surface area contributed by atoms with Gasteiger partial charge in [0.1, 0.15) is 30.0 Å². The normalized spacial score (nSPS) is 15.8. The number of hydrogen-bond acceptors (Lipinski definition) is 6. The van der Waals surface area contributed by atoms with Gasteiger partial charge in [0.2, 0.25) is 5.75 Å². The third-order valence-corrected chi connectivity index (χ3v) is 4.11. The third-order valence-electron chi connectivity index (χ3n) is 4.11. The van der Waals surface area contributed by atoms with Gasteiger partial charge in [-0.05, 0) is 30.5 Å². The molecule has 1 aliphatic rings. The Morgan fingerprint density at radius 1 is 1.16 bits per heavy atom. The Morgan fingerprint density at radius 3 is 2.52 bits per heavy atom. The van der Waals surface area contributed by atoms with Gasteiger partial charge in [-0.25, -0.2) is 0 Å². The molecule has 0 aromatic heterocycles. The average Bonchev–Trinajstić information content (AvgIpc) is 2.60. The fourth-order valence-corrected chi connectivity index (χ4v) is 2.90. The van der Waals surface area contributed by atoms with E-state index < -0.39 is 0 Å². The minimum absolute atomic E-state index is 0.0131. The molecule has 0 radical (unpaired) electrons. The van der Waals surface area contributed by atoms with Crippen LogP contribution in [0.2, 0.25) is 0 Å². The molecule has 0 aliphatic carbocycles. The van der Waals surface area contributed by atoms with Gasteiger partial charge in [0.25, 0.3) is 0 Å². The van der Waals surface area contributed by atoms with Gasteiger partial charge in [0.15, 0.2) is 11.5 Å². The molecule has 1 atom stereocenters. The molecular formula is C19H20O6. The van der Waals surface area contributed by atoms with E-state index in [0.29, 0.717) is 29.9 Å². The summed E-state index contributed by atoms with van der Waals surface area (Å²) < 4.78 is 16.4. The zero-order valence-electron chi connectivity index (χ0n) is 13.9.